The standard InChI is InChI=1S/C18H25F3N2O5S/c1-3-27-15-8-7-14(22-17(24)13(2)28-12-18(19,20)21)11-16(15)29(25,26)23-9-5-4-6-10-23/h7-8,11,13H,3-6,9-10,12H2,1-2H3,(H,22,24). The van der Waals surface area contributed by atoms with Crippen molar-refractivity contribution < 1.29 is 35.9 Å². The molecular weight excluding hydrogens is 413 g/mol. The number of anilines is 1. The van der Waals surface area contributed by atoms with Gasteiger partial charge in [-0.2, -0.15) is 17.5 Å². The van der Waals surface area contributed by atoms with Crippen LogP contribution in [0.5, 0.6) is 5.75 Å². The molecule has 1 fully saturated rings. The summed E-state index contributed by atoms with van der Waals surface area (Å²) in [5, 5.41) is 2.39. The van der Waals surface area contributed by atoms with Crippen LogP contribution in [0.1, 0.15) is 33.1 Å². The van der Waals surface area contributed by atoms with E-state index in [2.05, 4.69) is 10.1 Å². The first-order valence-electron chi connectivity index (χ1n) is 9.31. The van der Waals surface area contributed by atoms with E-state index in [4.69, 9.17) is 4.74 Å². The molecule has 1 heterocycles. The number of nitrogens with one attached hydrogen (secondary N) is 1. The molecule has 1 atom stereocenters. The van der Waals surface area contributed by atoms with Gasteiger partial charge in [-0.1, -0.05) is 6.42 Å². The number of rotatable bonds is 8. The number of nitrogens with zero attached hydrogens (tertiary/aromatic N) is 1. The Morgan fingerprint density at radius 3 is 2.48 bits per heavy atom. The Labute approximate surface area is 168 Å². The molecule has 1 aliphatic rings. The highest BCUT2D eigenvalue weighted by atomic mass is 32.2. The van der Waals surface area contributed by atoms with Crippen LogP contribution < -0.4 is 10.1 Å². The van der Waals surface area contributed by atoms with E-state index >= 15 is 0 Å². The number of halogens is 3. The Hall–Kier alpha value is -1.85. The van der Waals surface area contributed by atoms with Crippen LogP contribution in [0.4, 0.5) is 18.9 Å². The third-order valence-corrected chi connectivity index (χ3v) is 6.23. The number of hydrogen-bond acceptors (Lipinski definition) is 5. The average molecular weight is 438 g/mol. The molecule has 1 N–H and O–H groups in total. The van der Waals surface area contributed by atoms with Crippen molar-refractivity contribution in [2.45, 2.75) is 50.3 Å². The summed E-state index contributed by atoms with van der Waals surface area (Å²) in [6, 6.07) is 4.09. The van der Waals surface area contributed by atoms with Crippen molar-refractivity contribution in [2.75, 3.05) is 31.6 Å². The van der Waals surface area contributed by atoms with Crippen molar-refractivity contribution in [1.82, 2.24) is 4.31 Å². The number of carbonyl (C=O) groups is 1. The minimum Gasteiger partial charge on any atom is -0.492 e. The number of carbonyl (C=O) groups excluding carboxylic acids is 1. The summed E-state index contributed by atoms with van der Waals surface area (Å²) in [5.74, 6) is -0.669. The van der Waals surface area contributed by atoms with E-state index in [1.807, 2.05) is 0 Å². The third kappa shape index (κ3) is 6.58. The van der Waals surface area contributed by atoms with Crippen LogP contribution in [0.2, 0.25) is 0 Å². The highest BCUT2D eigenvalue weighted by Gasteiger charge is 2.31. The number of hydrogen-bond donors (Lipinski definition) is 1. The molecule has 164 valence electrons. The zero-order valence-electron chi connectivity index (χ0n) is 16.3. The summed E-state index contributed by atoms with van der Waals surface area (Å²) in [7, 11) is -3.85. The summed E-state index contributed by atoms with van der Waals surface area (Å²) in [6.45, 7) is 2.38. The lowest BCUT2D eigenvalue weighted by atomic mass is 10.2. The molecule has 11 heteroatoms. The molecule has 1 aliphatic heterocycles. The molecule has 1 aromatic rings. The summed E-state index contributed by atoms with van der Waals surface area (Å²) < 4.78 is 74.1. The SMILES string of the molecule is CCOc1ccc(NC(=O)C(C)OCC(F)(F)F)cc1S(=O)(=O)N1CCCCC1. The van der Waals surface area contributed by atoms with Gasteiger partial charge >= 0.3 is 6.18 Å². The van der Waals surface area contributed by atoms with E-state index < -0.39 is 34.8 Å². The van der Waals surface area contributed by atoms with Crippen molar-refractivity contribution in [1.29, 1.82) is 0 Å². The van der Waals surface area contributed by atoms with Crippen molar-refractivity contribution in [3.8, 4) is 5.75 Å². The Balaban J connectivity index is 2.22. The van der Waals surface area contributed by atoms with Gasteiger partial charge in [0.25, 0.3) is 5.91 Å². The Bertz CT molecular complexity index is 808. The molecule has 0 aromatic heterocycles. The average Bonchev–Trinajstić information content (AvgIpc) is 2.67. The van der Waals surface area contributed by atoms with Crippen LogP contribution in [0.3, 0.4) is 0 Å². The molecule has 0 aliphatic carbocycles. The highest BCUT2D eigenvalue weighted by molar-refractivity contribution is 7.89. The molecule has 2 rings (SSSR count). The van der Waals surface area contributed by atoms with Crippen LogP contribution in [-0.4, -0.2) is 57.2 Å². The summed E-state index contributed by atoms with van der Waals surface area (Å²) in [4.78, 5) is 12.0. The molecular formula is C18H25F3N2O5S. The van der Waals surface area contributed by atoms with E-state index in [0.29, 0.717) is 13.1 Å². The number of sulfonamides is 1. The van der Waals surface area contributed by atoms with Gasteiger partial charge in [0, 0.05) is 18.8 Å². The number of benzene rings is 1. The maximum atomic E-state index is 13.1. The second kappa shape index (κ2) is 9.77. The predicted octanol–water partition coefficient (Wildman–Crippen LogP) is 3.17. The van der Waals surface area contributed by atoms with E-state index in [0.717, 1.165) is 19.3 Å². The number of alkyl halides is 3. The van der Waals surface area contributed by atoms with Gasteiger partial charge in [0.1, 0.15) is 23.4 Å². The molecule has 0 saturated carbocycles. The number of piperidine rings is 1. The topological polar surface area (TPSA) is 84.9 Å². The lowest BCUT2D eigenvalue weighted by Crippen LogP contribution is -2.36. The quantitative estimate of drug-likeness (QED) is 0.674. The van der Waals surface area contributed by atoms with Crippen molar-refractivity contribution in [3.63, 3.8) is 0 Å². The van der Waals surface area contributed by atoms with Gasteiger partial charge in [0.05, 0.1) is 6.61 Å². The zero-order valence-corrected chi connectivity index (χ0v) is 17.1. The Kier molecular flexibility index (Phi) is 7.89. The smallest absolute Gasteiger partial charge is 0.411 e. The van der Waals surface area contributed by atoms with Gasteiger partial charge in [-0.05, 0) is 44.9 Å². The van der Waals surface area contributed by atoms with Crippen LogP contribution in [0.25, 0.3) is 0 Å². The molecule has 0 bridgehead atoms. The van der Waals surface area contributed by atoms with Gasteiger partial charge in [-0.15, -0.1) is 0 Å². The van der Waals surface area contributed by atoms with E-state index in [1.54, 1.807) is 6.92 Å². The van der Waals surface area contributed by atoms with Gasteiger partial charge in [-0.25, -0.2) is 8.42 Å². The Morgan fingerprint density at radius 2 is 1.90 bits per heavy atom. The summed E-state index contributed by atoms with van der Waals surface area (Å²) in [6.07, 6.45) is -3.45. The fraction of sp³-hybridized carbons (Fsp3) is 0.611. The van der Waals surface area contributed by atoms with Gasteiger partial charge in [-0.3, -0.25) is 4.79 Å². The normalized spacial score (nSPS) is 17.0. The first-order valence-corrected chi connectivity index (χ1v) is 10.7. The van der Waals surface area contributed by atoms with Gasteiger partial charge < -0.3 is 14.8 Å². The summed E-state index contributed by atoms with van der Waals surface area (Å²) >= 11 is 0. The second-order valence-electron chi connectivity index (χ2n) is 6.62. The largest absolute Gasteiger partial charge is 0.492 e. The van der Waals surface area contributed by atoms with Crippen LogP contribution in [0.15, 0.2) is 23.1 Å². The van der Waals surface area contributed by atoms with Crippen LogP contribution in [-0.2, 0) is 19.6 Å². The van der Waals surface area contributed by atoms with Crippen molar-refractivity contribution in [2.24, 2.45) is 0 Å². The fourth-order valence-electron chi connectivity index (χ4n) is 2.85. The fourth-order valence-corrected chi connectivity index (χ4v) is 4.52. The van der Waals surface area contributed by atoms with E-state index in [1.165, 1.54) is 29.4 Å². The van der Waals surface area contributed by atoms with Crippen molar-refractivity contribution in [3.05, 3.63) is 18.2 Å². The molecule has 1 saturated heterocycles. The number of amides is 1. The lowest BCUT2D eigenvalue weighted by Gasteiger charge is -2.27. The third-order valence-electron chi connectivity index (χ3n) is 4.31. The zero-order chi connectivity index (χ0) is 21.7. The number of ether oxygens (including phenoxy) is 2. The molecule has 1 aromatic carbocycles. The molecule has 1 unspecified atom stereocenters. The van der Waals surface area contributed by atoms with Crippen molar-refractivity contribution >= 4 is 21.6 Å². The summed E-state index contributed by atoms with van der Waals surface area (Å²) in [5.41, 5.74) is 0.122. The van der Waals surface area contributed by atoms with Crippen LogP contribution in [0, 0.1) is 0 Å². The molecule has 0 spiro atoms. The van der Waals surface area contributed by atoms with Gasteiger partial charge in [0.15, 0.2) is 0 Å². The maximum Gasteiger partial charge on any atom is 0.411 e. The van der Waals surface area contributed by atoms with Crippen LogP contribution >= 0.6 is 0 Å². The van der Waals surface area contributed by atoms with E-state index in [-0.39, 0.29) is 22.9 Å². The van der Waals surface area contributed by atoms with E-state index in [9.17, 15) is 26.4 Å². The molecule has 29 heavy (non-hydrogen) atoms. The molecule has 1 amide bonds. The highest BCUT2D eigenvalue weighted by Crippen LogP contribution is 2.31. The Morgan fingerprint density at radius 1 is 1.24 bits per heavy atom. The maximum absolute atomic E-state index is 13.1. The first kappa shape index (κ1) is 23.4. The molecule has 0 radical (unpaired) electrons. The minimum absolute atomic E-state index is 0.0945. The second-order valence-corrected chi connectivity index (χ2v) is 8.52. The lowest BCUT2D eigenvalue weighted by molar-refractivity contribution is -0.184. The minimum atomic E-state index is -4.55. The first-order chi connectivity index (χ1) is 13.5. The molecule has 7 nitrogen and oxygen atoms in total. The van der Waals surface area contributed by atoms with Gasteiger partial charge in [0.2, 0.25) is 10.0 Å². The predicted molar refractivity (Wildman–Crippen MR) is 100 cm³/mol. The monoisotopic (exact) mass is 438 g/mol.